The van der Waals surface area contributed by atoms with Crippen LogP contribution in [0.5, 0.6) is 0 Å². The zero-order chi connectivity index (χ0) is 14.5. The monoisotopic (exact) mass is 305 g/mol. The summed E-state index contributed by atoms with van der Waals surface area (Å²) in [6.07, 6.45) is 3.81. The van der Waals surface area contributed by atoms with Gasteiger partial charge in [-0.15, -0.1) is 0 Å². The van der Waals surface area contributed by atoms with Gasteiger partial charge in [0.2, 0.25) is 10.0 Å². The van der Waals surface area contributed by atoms with E-state index >= 15 is 0 Å². The molecule has 0 aliphatic carbocycles. The van der Waals surface area contributed by atoms with Gasteiger partial charge in [-0.2, -0.15) is 11.8 Å². The number of halogens is 1. The minimum Gasteiger partial charge on any atom is -0.211 e. The molecule has 1 N–H and O–H groups in total. The Morgan fingerprint density at radius 3 is 2.32 bits per heavy atom. The molecule has 0 aliphatic rings. The smallest absolute Gasteiger partial charge is 0.211 e. The predicted molar refractivity (Wildman–Crippen MR) is 78.7 cm³/mol. The second kappa shape index (κ2) is 7.26. The van der Waals surface area contributed by atoms with Gasteiger partial charge >= 0.3 is 0 Å². The van der Waals surface area contributed by atoms with Crippen molar-refractivity contribution in [3.8, 4) is 0 Å². The minimum absolute atomic E-state index is 0.193. The van der Waals surface area contributed by atoms with Crippen LogP contribution in [0.1, 0.15) is 24.0 Å². The fourth-order valence-electron chi connectivity index (χ4n) is 1.97. The number of hydrogen-bond acceptors (Lipinski definition) is 3. The molecular formula is C13H20FNO2S2. The zero-order valence-electron chi connectivity index (χ0n) is 11.5. The Labute approximate surface area is 119 Å². The van der Waals surface area contributed by atoms with Gasteiger partial charge in [-0.1, -0.05) is 0 Å². The number of benzene rings is 1. The highest BCUT2D eigenvalue weighted by Crippen LogP contribution is 2.21. The number of aryl methyl sites for hydroxylation is 2. The fourth-order valence-corrected chi connectivity index (χ4v) is 3.99. The average molecular weight is 305 g/mol. The molecule has 1 aromatic carbocycles. The summed E-state index contributed by atoms with van der Waals surface area (Å²) in [6.45, 7) is 3.63. The molecule has 0 saturated heterocycles. The van der Waals surface area contributed by atoms with Crippen LogP contribution in [-0.2, 0) is 10.0 Å². The molecule has 0 aliphatic heterocycles. The maximum atomic E-state index is 13.2. The summed E-state index contributed by atoms with van der Waals surface area (Å²) >= 11 is 1.74. The molecule has 3 nitrogen and oxygen atoms in total. The third-order valence-electron chi connectivity index (χ3n) is 2.76. The molecule has 0 fully saturated rings. The molecule has 0 radical (unpaired) electrons. The summed E-state index contributed by atoms with van der Waals surface area (Å²) in [5.41, 5.74) is 0.878. The molecule has 108 valence electrons. The molecule has 6 heteroatoms. The highest BCUT2D eigenvalue weighted by Gasteiger charge is 2.19. The summed E-state index contributed by atoms with van der Waals surface area (Å²) in [7, 11) is -3.55. The Morgan fingerprint density at radius 2 is 1.79 bits per heavy atom. The van der Waals surface area contributed by atoms with Crippen molar-refractivity contribution < 1.29 is 12.8 Å². The number of unbranched alkanes of at least 4 members (excludes halogenated alkanes) is 1. The van der Waals surface area contributed by atoms with Gasteiger partial charge in [-0.05, 0) is 62.0 Å². The summed E-state index contributed by atoms with van der Waals surface area (Å²) in [4.78, 5) is 0.193. The second-order valence-electron chi connectivity index (χ2n) is 4.47. The molecule has 0 atom stereocenters. The van der Waals surface area contributed by atoms with Gasteiger partial charge in [0.05, 0.1) is 4.90 Å². The van der Waals surface area contributed by atoms with E-state index in [2.05, 4.69) is 4.72 Å². The second-order valence-corrected chi connectivity index (χ2v) is 7.16. The van der Waals surface area contributed by atoms with Crippen LogP contribution in [0.4, 0.5) is 4.39 Å². The van der Waals surface area contributed by atoms with Crippen LogP contribution in [0.25, 0.3) is 0 Å². The van der Waals surface area contributed by atoms with Crippen molar-refractivity contribution in [2.24, 2.45) is 0 Å². The van der Waals surface area contributed by atoms with Crippen molar-refractivity contribution in [2.75, 3.05) is 18.6 Å². The first-order valence-electron chi connectivity index (χ1n) is 6.14. The molecule has 1 rings (SSSR count). The Kier molecular flexibility index (Phi) is 6.29. The van der Waals surface area contributed by atoms with E-state index < -0.39 is 15.8 Å². The van der Waals surface area contributed by atoms with Gasteiger partial charge in [0.1, 0.15) is 5.82 Å². The SMILES string of the molecule is CSCCCCNS(=O)(=O)c1c(C)cc(F)cc1C. The van der Waals surface area contributed by atoms with Crippen LogP contribution in [0.2, 0.25) is 0 Å². The number of sulfonamides is 1. The van der Waals surface area contributed by atoms with Crippen LogP contribution in [-0.4, -0.2) is 27.0 Å². The topological polar surface area (TPSA) is 46.2 Å². The Bertz CT molecular complexity index is 506. The minimum atomic E-state index is -3.55. The van der Waals surface area contributed by atoms with Crippen LogP contribution in [0.3, 0.4) is 0 Å². The van der Waals surface area contributed by atoms with Gasteiger partial charge in [0.15, 0.2) is 0 Å². The van der Waals surface area contributed by atoms with E-state index in [0.717, 1.165) is 18.6 Å². The summed E-state index contributed by atoms with van der Waals surface area (Å²) < 4.78 is 40.1. The van der Waals surface area contributed by atoms with Crippen molar-refractivity contribution in [3.05, 3.63) is 29.1 Å². The highest BCUT2D eigenvalue weighted by molar-refractivity contribution is 7.98. The molecule has 0 unspecified atom stereocenters. The lowest BCUT2D eigenvalue weighted by Crippen LogP contribution is -2.26. The van der Waals surface area contributed by atoms with Crippen LogP contribution in [0, 0.1) is 19.7 Å². The van der Waals surface area contributed by atoms with Gasteiger partial charge < -0.3 is 0 Å². The number of thioether (sulfide) groups is 1. The Balaban J connectivity index is 2.78. The standard InChI is InChI=1S/C13H20FNO2S2/c1-10-8-12(14)9-11(2)13(10)19(16,17)15-6-4-5-7-18-3/h8-9,15H,4-7H2,1-3H3. The Morgan fingerprint density at radius 1 is 1.21 bits per heavy atom. The average Bonchev–Trinajstić information content (AvgIpc) is 2.26. The molecule has 0 aromatic heterocycles. The van der Waals surface area contributed by atoms with E-state index in [1.165, 1.54) is 12.1 Å². The van der Waals surface area contributed by atoms with Gasteiger partial charge in [-0.25, -0.2) is 17.5 Å². The molecule has 0 amide bonds. The lowest BCUT2D eigenvalue weighted by molar-refractivity contribution is 0.576. The highest BCUT2D eigenvalue weighted by atomic mass is 32.2. The number of rotatable bonds is 7. The number of nitrogens with one attached hydrogen (secondary N) is 1. The fraction of sp³-hybridized carbons (Fsp3) is 0.538. The first-order valence-corrected chi connectivity index (χ1v) is 9.01. The molecule has 0 saturated carbocycles. The quantitative estimate of drug-likeness (QED) is 0.788. The van der Waals surface area contributed by atoms with E-state index in [0.29, 0.717) is 17.7 Å². The van der Waals surface area contributed by atoms with E-state index in [1.807, 2.05) is 6.26 Å². The largest absolute Gasteiger partial charge is 0.241 e. The summed E-state index contributed by atoms with van der Waals surface area (Å²) in [5, 5.41) is 0. The van der Waals surface area contributed by atoms with Crippen LogP contribution < -0.4 is 4.72 Å². The van der Waals surface area contributed by atoms with Crippen molar-refractivity contribution in [1.29, 1.82) is 0 Å². The maximum absolute atomic E-state index is 13.2. The summed E-state index contributed by atoms with van der Waals surface area (Å²) in [5.74, 6) is 0.616. The third kappa shape index (κ3) is 4.78. The normalized spacial score (nSPS) is 11.8. The van der Waals surface area contributed by atoms with Crippen molar-refractivity contribution in [2.45, 2.75) is 31.6 Å². The van der Waals surface area contributed by atoms with Crippen molar-refractivity contribution >= 4 is 21.8 Å². The summed E-state index contributed by atoms with van der Waals surface area (Å²) in [6, 6.07) is 2.49. The lowest BCUT2D eigenvalue weighted by atomic mass is 10.1. The van der Waals surface area contributed by atoms with E-state index in [4.69, 9.17) is 0 Å². The molecule has 0 heterocycles. The van der Waals surface area contributed by atoms with E-state index in [1.54, 1.807) is 25.6 Å². The van der Waals surface area contributed by atoms with Crippen LogP contribution >= 0.6 is 11.8 Å². The first kappa shape index (κ1) is 16.5. The maximum Gasteiger partial charge on any atom is 0.241 e. The zero-order valence-corrected chi connectivity index (χ0v) is 13.1. The number of hydrogen-bond donors (Lipinski definition) is 1. The molecule has 0 bridgehead atoms. The van der Waals surface area contributed by atoms with Gasteiger partial charge in [0.25, 0.3) is 0 Å². The molecule has 19 heavy (non-hydrogen) atoms. The molecular weight excluding hydrogens is 285 g/mol. The lowest BCUT2D eigenvalue weighted by Gasteiger charge is -2.12. The van der Waals surface area contributed by atoms with Crippen LogP contribution in [0.15, 0.2) is 17.0 Å². The van der Waals surface area contributed by atoms with Gasteiger partial charge in [-0.3, -0.25) is 0 Å². The van der Waals surface area contributed by atoms with E-state index in [9.17, 15) is 12.8 Å². The van der Waals surface area contributed by atoms with E-state index in [-0.39, 0.29) is 4.90 Å². The predicted octanol–water partition coefficient (Wildman–Crippen LogP) is 2.86. The first-order chi connectivity index (χ1) is 8.88. The third-order valence-corrected chi connectivity index (χ3v) is 5.22. The molecule has 0 spiro atoms. The van der Waals surface area contributed by atoms with Gasteiger partial charge in [0, 0.05) is 6.54 Å². The molecule has 1 aromatic rings. The van der Waals surface area contributed by atoms with Crippen molar-refractivity contribution in [1.82, 2.24) is 4.72 Å². The van der Waals surface area contributed by atoms with Crippen molar-refractivity contribution in [3.63, 3.8) is 0 Å². The Hall–Kier alpha value is -0.590.